The van der Waals surface area contributed by atoms with Crippen molar-refractivity contribution in [2.45, 2.75) is 13.0 Å². The maximum atomic E-state index is 5.86. The molecule has 3 rings (SSSR count). The van der Waals surface area contributed by atoms with Gasteiger partial charge in [-0.15, -0.1) is 0 Å². The molecule has 0 saturated heterocycles. The van der Waals surface area contributed by atoms with Gasteiger partial charge in [0.2, 0.25) is 5.13 Å². The van der Waals surface area contributed by atoms with Crippen LogP contribution in [0.1, 0.15) is 17.1 Å². The zero-order chi connectivity index (χ0) is 13.8. The number of halogens is 1. The number of rotatable bonds is 5. The Hall–Kier alpha value is -1.85. The number of aromatic nitrogens is 2. The van der Waals surface area contributed by atoms with Crippen molar-refractivity contribution in [3.05, 3.63) is 64.8 Å². The van der Waals surface area contributed by atoms with Gasteiger partial charge in [-0.2, -0.15) is 4.37 Å². The van der Waals surface area contributed by atoms with E-state index in [0.29, 0.717) is 13.0 Å². The van der Waals surface area contributed by atoms with Crippen molar-refractivity contribution in [1.82, 2.24) is 9.36 Å². The van der Waals surface area contributed by atoms with E-state index in [1.807, 2.05) is 36.4 Å². The average molecular weight is 306 g/mol. The molecule has 0 bridgehead atoms. The second-order valence-corrected chi connectivity index (χ2v) is 5.44. The van der Waals surface area contributed by atoms with Gasteiger partial charge in [0.25, 0.3) is 0 Å². The Bertz CT molecular complexity index is 664. The third-order valence-electron chi connectivity index (χ3n) is 2.74. The molecule has 0 fully saturated rings. The monoisotopic (exact) mass is 305 g/mol. The average Bonchev–Trinajstić information content (AvgIpc) is 3.10. The van der Waals surface area contributed by atoms with Crippen LogP contribution in [0.5, 0.6) is 0 Å². The fourth-order valence-corrected chi connectivity index (χ4v) is 2.46. The normalized spacial score (nSPS) is 10.7. The lowest BCUT2D eigenvalue weighted by molar-refractivity contribution is 0.518. The second-order valence-electron chi connectivity index (χ2n) is 4.25. The van der Waals surface area contributed by atoms with Crippen molar-refractivity contribution in [2.24, 2.45) is 0 Å². The topological polar surface area (TPSA) is 51.0 Å². The van der Waals surface area contributed by atoms with Gasteiger partial charge in [-0.3, -0.25) is 0 Å². The number of benzene rings is 1. The highest BCUT2D eigenvalue weighted by Crippen LogP contribution is 2.16. The summed E-state index contributed by atoms with van der Waals surface area (Å²) in [6, 6.07) is 11.5. The SMILES string of the molecule is Clc1ccc(Cc2nsc(NCc3ccco3)n2)cc1. The first-order valence-corrected chi connectivity index (χ1v) is 7.28. The van der Waals surface area contributed by atoms with Gasteiger partial charge in [-0.1, -0.05) is 23.7 Å². The maximum Gasteiger partial charge on any atom is 0.202 e. The number of furan rings is 1. The molecule has 0 radical (unpaired) electrons. The summed E-state index contributed by atoms with van der Waals surface area (Å²) in [5.74, 6) is 1.68. The highest BCUT2D eigenvalue weighted by Gasteiger charge is 2.05. The van der Waals surface area contributed by atoms with E-state index >= 15 is 0 Å². The Labute approximate surface area is 125 Å². The van der Waals surface area contributed by atoms with Gasteiger partial charge in [0.05, 0.1) is 12.8 Å². The summed E-state index contributed by atoms with van der Waals surface area (Å²) in [4.78, 5) is 4.45. The lowest BCUT2D eigenvalue weighted by Crippen LogP contribution is -1.98. The van der Waals surface area contributed by atoms with Gasteiger partial charge in [-0.05, 0) is 29.8 Å². The summed E-state index contributed by atoms with van der Waals surface area (Å²) >= 11 is 7.21. The molecule has 1 N–H and O–H groups in total. The Morgan fingerprint density at radius 3 is 2.80 bits per heavy atom. The van der Waals surface area contributed by atoms with E-state index in [4.69, 9.17) is 16.0 Å². The molecule has 20 heavy (non-hydrogen) atoms. The van der Waals surface area contributed by atoms with Crippen LogP contribution in [0.25, 0.3) is 0 Å². The molecule has 0 aliphatic rings. The quantitative estimate of drug-likeness (QED) is 0.774. The van der Waals surface area contributed by atoms with Crippen molar-refractivity contribution < 1.29 is 4.42 Å². The summed E-state index contributed by atoms with van der Waals surface area (Å²) in [7, 11) is 0. The number of hydrogen-bond acceptors (Lipinski definition) is 5. The minimum Gasteiger partial charge on any atom is -0.467 e. The summed E-state index contributed by atoms with van der Waals surface area (Å²) in [5.41, 5.74) is 1.14. The molecular weight excluding hydrogens is 294 g/mol. The summed E-state index contributed by atoms with van der Waals surface area (Å²) < 4.78 is 9.59. The minimum atomic E-state index is 0.614. The largest absolute Gasteiger partial charge is 0.467 e. The molecule has 0 spiro atoms. The van der Waals surface area contributed by atoms with Crippen molar-refractivity contribution in [1.29, 1.82) is 0 Å². The van der Waals surface area contributed by atoms with Crippen LogP contribution in [0.15, 0.2) is 47.1 Å². The number of anilines is 1. The van der Waals surface area contributed by atoms with Crippen LogP contribution in [0, 0.1) is 0 Å². The molecule has 2 heterocycles. The highest BCUT2D eigenvalue weighted by molar-refractivity contribution is 7.09. The van der Waals surface area contributed by atoms with Crippen molar-refractivity contribution in [3.63, 3.8) is 0 Å². The van der Waals surface area contributed by atoms with E-state index in [-0.39, 0.29) is 0 Å². The number of nitrogens with one attached hydrogen (secondary N) is 1. The van der Waals surface area contributed by atoms with E-state index in [1.165, 1.54) is 11.5 Å². The number of nitrogens with zero attached hydrogens (tertiary/aromatic N) is 2. The van der Waals surface area contributed by atoms with Gasteiger partial charge in [0.15, 0.2) is 0 Å². The van der Waals surface area contributed by atoms with Gasteiger partial charge < -0.3 is 9.73 Å². The van der Waals surface area contributed by atoms with Gasteiger partial charge in [0.1, 0.15) is 11.6 Å². The van der Waals surface area contributed by atoms with E-state index < -0.39 is 0 Å². The first-order valence-electron chi connectivity index (χ1n) is 6.13. The van der Waals surface area contributed by atoms with E-state index in [1.54, 1.807) is 6.26 Å². The van der Waals surface area contributed by atoms with E-state index in [0.717, 1.165) is 27.3 Å². The molecule has 0 unspecified atom stereocenters. The minimum absolute atomic E-state index is 0.614. The fourth-order valence-electron chi connectivity index (χ4n) is 1.76. The third-order valence-corrected chi connectivity index (χ3v) is 3.70. The van der Waals surface area contributed by atoms with Crippen molar-refractivity contribution in [3.8, 4) is 0 Å². The smallest absolute Gasteiger partial charge is 0.202 e. The van der Waals surface area contributed by atoms with Crippen LogP contribution in [-0.2, 0) is 13.0 Å². The van der Waals surface area contributed by atoms with Crippen LogP contribution in [0.2, 0.25) is 5.02 Å². The lowest BCUT2D eigenvalue weighted by atomic mass is 10.1. The van der Waals surface area contributed by atoms with Crippen LogP contribution >= 0.6 is 23.1 Å². The predicted octanol–water partition coefficient (Wildman–Crippen LogP) is 3.99. The summed E-state index contributed by atoms with van der Waals surface area (Å²) in [5, 5.41) is 4.73. The molecular formula is C14H12ClN3OS. The molecule has 4 nitrogen and oxygen atoms in total. The Kier molecular flexibility index (Phi) is 3.99. The highest BCUT2D eigenvalue weighted by atomic mass is 35.5. The molecule has 2 aromatic heterocycles. The van der Waals surface area contributed by atoms with Gasteiger partial charge in [-0.25, -0.2) is 4.98 Å². The molecule has 0 saturated carbocycles. The van der Waals surface area contributed by atoms with Crippen LogP contribution < -0.4 is 5.32 Å². The van der Waals surface area contributed by atoms with Crippen LogP contribution in [0.3, 0.4) is 0 Å². The molecule has 0 aliphatic heterocycles. The first-order chi connectivity index (χ1) is 9.79. The predicted molar refractivity (Wildman–Crippen MR) is 80.2 cm³/mol. The molecule has 102 valence electrons. The Morgan fingerprint density at radius 1 is 1.20 bits per heavy atom. The van der Waals surface area contributed by atoms with Gasteiger partial charge >= 0.3 is 0 Å². The molecule has 0 atom stereocenters. The molecule has 3 aromatic rings. The zero-order valence-corrected chi connectivity index (χ0v) is 12.1. The zero-order valence-electron chi connectivity index (χ0n) is 10.5. The van der Waals surface area contributed by atoms with E-state index in [2.05, 4.69) is 14.7 Å². The number of hydrogen-bond donors (Lipinski definition) is 1. The van der Waals surface area contributed by atoms with Crippen molar-refractivity contribution >= 4 is 28.3 Å². The van der Waals surface area contributed by atoms with Crippen LogP contribution in [0.4, 0.5) is 5.13 Å². The summed E-state index contributed by atoms with van der Waals surface area (Å²) in [6.45, 7) is 0.614. The first kappa shape index (κ1) is 13.1. The standard InChI is InChI=1S/C14H12ClN3OS/c15-11-5-3-10(4-6-11)8-13-17-14(20-18-13)16-9-12-2-1-7-19-12/h1-7H,8-9H2,(H,16,17,18). The third kappa shape index (κ3) is 3.37. The Morgan fingerprint density at radius 2 is 2.05 bits per heavy atom. The molecule has 0 aliphatic carbocycles. The van der Waals surface area contributed by atoms with E-state index in [9.17, 15) is 0 Å². The summed E-state index contributed by atoms with van der Waals surface area (Å²) in [6.07, 6.45) is 2.36. The second kappa shape index (κ2) is 6.07. The van der Waals surface area contributed by atoms with Crippen LogP contribution in [-0.4, -0.2) is 9.36 Å². The fraction of sp³-hybridized carbons (Fsp3) is 0.143. The molecule has 1 aromatic carbocycles. The van der Waals surface area contributed by atoms with Gasteiger partial charge in [0, 0.05) is 23.0 Å². The lowest BCUT2D eigenvalue weighted by Gasteiger charge is -1.98. The van der Waals surface area contributed by atoms with Crippen molar-refractivity contribution in [2.75, 3.05) is 5.32 Å². The molecule has 0 amide bonds. The maximum absolute atomic E-state index is 5.86. The molecule has 6 heteroatoms. The Balaban J connectivity index is 1.60.